The third-order valence-corrected chi connectivity index (χ3v) is 9.75. The van der Waals surface area contributed by atoms with Crippen molar-refractivity contribution in [3.05, 3.63) is 35.9 Å². The number of carbonyl (C=O) groups is 1. The van der Waals surface area contributed by atoms with Gasteiger partial charge in [0.15, 0.2) is 0 Å². The molecule has 0 amide bonds. The van der Waals surface area contributed by atoms with Crippen LogP contribution in [0.3, 0.4) is 0 Å². The average molecular weight is 399 g/mol. The standard InChI is InChI=1S/C26H37BO2.Li/c1-26(2)19-16-23(26)22(14-15-29-25(28)18-8-4-3-5-9-18)24(17-19)27-20-10-6-11-21(27)13-7-12-20;/h3-5,8-9,19-24H,6-7,10-17H2,1-2H3;/q-1;+1/t19-,20?,21?,22+,23+,24+;/m1./s1. The van der Waals surface area contributed by atoms with Crippen LogP contribution in [-0.2, 0) is 4.74 Å². The fourth-order valence-corrected chi connectivity index (χ4v) is 8.21. The molecule has 1 radical (unpaired) electrons. The molecular formula is C26H37BLiO2. The molecule has 0 unspecified atom stereocenters. The molecule has 1 aromatic rings. The summed E-state index contributed by atoms with van der Waals surface area (Å²) in [5.74, 6) is 5.23. The molecule has 0 spiro atoms. The largest absolute Gasteiger partial charge is 1.00 e. The SMILES string of the molecule is CC1(C)[C@H]2C[C@H]([B-]3C4CCCC3CCC4)[C@@H](CCOC(=O)c3ccccc3)[C@@H]1C2.[Li+]. The van der Waals surface area contributed by atoms with Gasteiger partial charge in [-0.2, -0.15) is 17.5 Å². The van der Waals surface area contributed by atoms with Gasteiger partial charge in [-0.3, -0.25) is 0 Å². The van der Waals surface area contributed by atoms with Crippen LogP contribution in [0.15, 0.2) is 30.3 Å². The molecule has 6 rings (SSSR count). The molecule has 1 aromatic carbocycles. The number of carbonyl (C=O) groups excluding carboxylic acids is 1. The molecule has 0 aromatic heterocycles. The molecule has 5 aliphatic rings. The molecule has 2 nitrogen and oxygen atoms in total. The van der Waals surface area contributed by atoms with E-state index in [0.717, 1.165) is 48.3 Å². The molecule has 3 aliphatic carbocycles. The number of esters is 1. The van der Waals surface area contributed by atoms with Gasteiger partial charge in [0.25, 0.3) is 0 Å². The molecule has 4 heteroatoms. The van der Waals surface area contributed by atoms with Gasteiger partial charge in [-0.25, -0.2) is 4.79 Å². The van der Waals surface area contributed by atoms with Crippen LogP contribution in [0, 0.1) is 23.2 Å². The van der Waals surface area contributed by atoms with Gasteiger partial charge in [-0.1, -0.05) is 82.9 Å². The summed E-state index contributed by atoms with van der Waals surface area (Å²) in [6, 6.07) is 9.47. The van der Waals surface area contributed by atoms with Crippen molar-refractivity contribution in [2.24, 2.45) is 23.2 Å². The van der Waals surface area contributed by atoms with Crippen LogP contribution in [0.1, 0.15) is 82.0 Å². The Labute approximate surface area is 195 Å². The summed E-state index contributed by atoms with van der Waals surface area (Å²) in [5.41, 5.74) is 1.17. The Morgan fingerprint density at radius 2 is 1.67 bits per heavy atom. The van der Waals surface area contributed by atoms with Crippen LogP contribution in [0.2, 0.25) is 17.5 Å². The average Bonchev–Trinajstić information content (AvgIpc) is 2.73. The van der Waals surface area contributed by atoms with Gasteiger partial charge in [-0.05, 0) is 42.2 Å². The number of fused-ring (bicyclic) bond motifs is 5. The van der Waals surface area contributed by atoms with Crippen molar-refractivity contribution in [2.45, 2.75) is 89.1 Å². The minimum atomic E-state index is -0.154. The zero-order valence-electron chi connectivity index (χ0n) is 19.3. The summed E-state index contributed by atoms with van der Waals surface area (Å²) in [6.07, 6.45) is 12.8. The molecular weight excluding hydrogens is 362 g/mol. The summed E-state index contributed by atoms with van der Waals surface area (Å²) in [5, 5.41) is 0. The van der Waals surface area contributed by atoms with Gasteiger partial charge in [-0.15, -0.1) is 6.71 Å². The second-order valence-corrected chi connectivity index (χ2v) is 11.2. The van der Waals surface area contributed by atoms with E-state index in [1.807, 2.05) is 30.3 Å². The van der Waals surface area contributed by atoms with Crippen molar-refractivity contribution in [2.75, 3.05) is 6.61 Å². The molecule has 157 valence electrons. The summed E-state index contributed by atoms with van der Waals surface area (Å²) < 4.78 is 5.76. The van der Waals surface area contributed by atoms with E-state index in [0.29, 0.717) is 17.6 Å². The molecule has 3 saturated carbocycles. The fourth-order valence-electron chi connectivity index (χ4n) is 8.21. The fraction of sp³-hybridized carbons (Fsp3) is 0.731. The number of hydrogen-bond donors (Lipinski definition) is 0. The van der Waals surface area contributed by atoms with Gasteiger partial charge in [0.2, 0.25) is 0 Å². The van der Waals surface area contributed by atoms with Gasteiger partial charge >= 0.3 is 24.8 Å². The van der Waals surface area contributed by atoms with Crippen molar-refractivity contribution in [3.63, 3.8) is 0 Å². The van der Waals surface area contributed by atoms with E-state index in [4.69, 9.17) is 4.74 Å². The summed E-state index contributed by atoms with van der Waals surface area (Å²) in [6.45, 7) is 6.57. The Morgan fingerprint density at radius 1 is 1.03 bits per heavy atom. The van der Waals surface area contributed by atoms with Crippen LogP contribution >= 0.6 is 0 Å². The van der Waals surface area contributed by atoms with Crippen molar-refractivity contribution in [1.82, 2.24) is 0 Å². The van der Waals surface area contributed by atoms with Gasteiger partial charge in [0.05, 0.1) is 12.2 Å². The topological polar surface area (TPSA) is 26.3 Å². The number of hydrogen-bond acceptors (Lipinski definition) is 2. The van der Waals surface area contributed by atoms with Crippen molar-refractivity contribution in [3.8, 4) is 0 Å². The van der Waals surface area contributed by atoms with E-state index in [-0.39, 0.29) is 24.8 Å². The summed E-state index contributed by atoms with van der Waals surface area (Å²) in [7, 11) is 0. The number of rotatable bonds is 5. The van der Waals surface area contributed by atoms with Crippen LogP contribution < -0.4 is 18.9 Å². The number of benzene rings is 1. The quantitative estimate of drug-likeness (QED) is 0.555. The molecule has 2 saturated heterocycles. The first kappa shape index (κ1) is 22.5. The summed E-state index contributed by atoms with van der Waals surface area (Å²) >= 11 is 0. The minimum absolute atomic E-state index is 0. The Hall–Kier alpha value is -0.648. The first-order chi connectivity index (χ1) is 14.1. The molecule has 4 bridgehead atoms. The van der Waals surface area contributed by atoms with Gasteiger partial charge in [0.1, 0.15) is 0 Å². The Kier molecular flexibility index (Phi) is 6.82. The van der Waals surface area contributed by atoms with E-state index >= 15 is 0 Å². The third-order valence-electron chi connectivity index (χ3n) is 9.75. The third kappa shape index (κ3) is 3.95. The predicted molar refractivity (Wildman–Crippen MR) is 120 cm³/mol. The van der Waals surface area contributed by atoms with Crippen molar-refractivity contribution >= 4 is 12.7 Å². The maximum Gasteiger partial charge on any atom is 1.00 e. The molecule has 5 fully saturated rings. The number of ether oxygens (including phenoxy) is 1. The molecule has 0 N–H and O–H groups in total. The van der Waals surface area contributed by atoms with Gasteiger partial charge in [0, 0.05) is 0 Å². The van der Waals surface area contributed by atoms with E-state index in [2.05, 4.69) is 13.8 Å². The van der Waals surface area contributed by atoms with Crippen LogP contribution in [-0.4, -0.2) is 19.3 Å². The van der Waals surface area contributed by atoms with Crippen LogP contribution in [0.25, 0.3) is 0 Å². The minimum Gasteiger partial charge on any atom is -0.462 e. The predicted octanol–water partition coefficient (Wildman–Crippen LogP) is 3.89. The van der Waals surface area contributed by atoms with Crippen molar-refractivity contribution in [1.29, 1.82) is 0 Å². The molecule has 2 aliphatic heterocycles. The van der Waals surface area contributed by atoms with Crippen molar-refractivity contribution < 1.29 is 28.4 Å². The second-order valence-electron chi connectivity index (χ2n) is 11.2. The maximum atomic E-state index is 12.4. The Balaban J connectivity index is 0.00000218. The van der Waals surface area contributed by atoms with E-state index in [1.54, 1.807) is 0 Å². The molecule has 30 heavy (non-hydrogen) atoms. The zero-order valence-corrected chi connectivity index (χ0v) is 19.3. The Morgan fingerprint density at radius 3 is 2.27 bits per heavy atom. The monoisotopic (exact) mass is 399 g/mol. The summed E-state index contributed by atoms with van der Waals surface area (Å²) in [4.78, 5) is 12.4. The normalized spacial score (nSPS) is 36.9. The molecule has 2 heterocycles. The first-order valence-electron chi connectivity index (χ1n) is 12.3. The van der Waals surface area contributed by atoms with Gasteiger partial charge < -0.3 is 4.74 Å². The first-order valence-corrected chi connectivity index (χ1v) is 12.3. The smallest absolute Gasteiger partial charge is 0.462 e. The Bertz CT molecular complexity index is 714. The van der Waals surface area contributed by atoms with Crippen LogP contribution in [0.5, 0.6) is 0 Å². The maximum absolute atomic E-state index is 12.4. The van der Waals surface area contributed by atoms with E-state index in [1.165, 1.54) is 51.4 Å². The van der Waals surface area contributed by atoms with E-state index in [9.17, 15) is 4.79 Å². The molecule has 4 atom stereocenters. The zero-order chi connectivity index (χ0) is 20.0. The van der Waals surface area contributed by atoms with Crippen LogP contribution in [0.4, 0.5) is 0 Å². The second kappa shape index (κ2) is 9.07. The van der Waals surface area contributed by atoms with E-state index < -0.39 is 0 Å².